The molecule has 1 spiro atoms. The van der Waals surface area contributed by atoms with Gasteiger partial charge in [0.05, 0.1) is 50.1 Å². The summed E-state index contributed by atoms with van der Waals surface area (Å²) in [7, 11) is -2.10. The summed E-state index contributed by atoms with van der Waals surface area (Å²) in [6, 6.07) is 6.46. The number of ether oxygens (including phenoxy) is 4. The zero-order valence-corrected chi connectivity index (χ0v) is 15.5. The van der Waals surface area contributed by atoms with Crippen molar-refractivity contribution in [2.45, 2.75) is 29.9 Å². The minimum atomic E-state index is -3.65. The third kappa shape index (κ3) is 3.68. The van der Waals surface area contributed by atoms with Crippen molar-refractivity contribution in [3.05, 3.63) is 24.3 Å². The fourth-order valence-corrected chi connectivity index (χ4v) is 5.15. The monoisotopic (exact) mass is 371 g/mol. The highest BCUT2D eigenvalue weighted by Crippen LogP contribution is 2.37. The van der Waals surface area contributed by atoms with Crippen LogP contribution < -0.4 is 4.74 Å². The smallest absolute Gasteiger partial charge is 0.243 e. The molecule has 25 heavy (non-hydrogen) atoms. The van der Waals surface area contributed by atoms with E-state index in [1.54, 1.807) is 35.7 Å². The summed E-state index contributed by atoms with van der Waals surface area (Å²) in [6.07, 6.45) is 0.456. The van der Waals surface area contributed by atoms with Gasteiger partial charge in [0.25, 0.3) is 0 Å². The third-order valence-electron chi connectivity index (χ3n) is 4.69. The van der Waals surface area contributed by atoms with Crippen molar-refractivity contribution in [3.63, 3.8) is 0 Å². The number of rotatable bonds is 6. The second-order valence-electron chi connectivity index (χ2n) is 6.33. The van der Waals surface area contributed by atoms with Gasteiger partial charge in [-0.05, 0) is 37.6 Å². The van der Waals surface area contributed by atoms with Gasteiger partial charge in [0.1, 0.15) is 5.75 Å². The molecule has 2 aliphatic rings. The molecule has 3 rings (SSSR count). The van der Waals surface area contributed by atoms with Crippen LogP contribution in [-0.2, 0) is 24.2 Å². The molecule has 0 radical (unpaired) electrons. The fraction of sp³-hybridized carbons (Fsp3) is 0.647. The zero-order valence-electron chi connectivity index (χ0n) is 14.6. The Bertz CT molecular complexity index is 677. The summed E-state index contributed by atoms with van der Waals surface area (Å²) < 4.78 is 49.9. The molecule has 0 N–H and O–H groups in total. The second-order valence-corrected chi connectivity index (χ2v) is 8.19. The molecule has 2 atom stereocenters. The predicted octanol–water partition coefficient (Wildman–Crippen LogP) is 1.28. The van der Waals surface area contributed by atoms with Crippen LogP contribution in [0.1, 0.15) is 13.3 Å². The van der Waals surface area contributed by atoms with E-state index in [2.05, 4.69) is 0 Å². The van der Waals surface area contributed by atoms with Crippen LogP contribution in [0.5, 0.6) is 5.75 Å². The number of nitrogens with zero attached hydrogens (tertiary/aromatic N) is 1. The molecular formula is C17H25NO6S. The van der Waals surface area contributed by atoms with Gasteiger partial charge in [-0.25, -0.2) is 8.42 Å². The van der Waals surface area contributed by atoms with Crippen LogP contribution in [0.2, 0.25) is 0 Å². The number of hydrogen-bond acceptors (Lipinski definition) is 6. The Kier molecular flexibility index (Phi) is 5.65. The lowest BCUT2D eigenvalue weighted by molar-refractivity contribution is -0.0315. The Labute approximate surface area is 148 Å². The van der Waals surface area contributed by atoms with Crippen molar-refractivity contribution < 1.29 is 27.4 Å². The molecule has 8 heteroatoms. The van der Waals surface area contributed by atoms with Gasteiger partial charge in [-0.3, -0.25) is 0 Å². The quantitative estimate of drug-likeness (QED) is 0.750. The number of benzene rings is 1. The summed E-state index contributed by atoms with van der Waals surface area (Å²) in [6.45, 7) is 4.36. The van der Waals surface area contributed by atoms with E-state index in [1.807, 2.05) is 6.92 Å². The average Bonchev–Trinajstić information content (AvgIpc) is 3.03. The van der Waals surface area contributed by atoms with Crippen molar-refractivity contribution in [2.24, 2.45) is 0 Å². The number of hydrogen-bond donors (Lipinski definition) is 0. The van der Waals surface area contributed by atoms with E-state index in [0.29, 0.717) is 51.7 Å². The fourth-order valence-electron chi connectivity index (χ4n) is 3.41. The van der Waals surface area contributed by atoms with Gasteiger partial charge in [-0.1, -0.05) is 0 Å². The van der Waals surface area contributed by atoms with Crippen molar-refractivity contribution in [2.75, 3.05) is 46.7 Å². The summed E-state index contributed by atoms with van der Waals surface area (Å²) in [5, 5.41) is 0. The molecule has 0 saturated carbocycles. The first-order valence-corrected chi connectivity index (χ1v) is 9.90. The SMILES string of the molecule is CCOC[C@H]1C[C@]2(COCCN2S(=O)(=O)c2ccc(OC)cc2)CO1. The summed E-state index contributed by atoms with van der Waals surface area (Å²) in [4.78, 5) is 0.253. The Morgan fingerprint density at radius 1 is 1.28 bits per heavy atom. The largest absolute Gasteiger partial charge is 0.497 e. The maximum atomic E-state index is 13.2. The van der Waals surface area contributed by atoms with Crippen LogP contribution in [-0.4, -0.2) is 71.1 Å². The lowest BCUT2D eigenvalue weighted by Gasteiger charge is -2.42. The zero-order chi connectivity index (χ0) is 17.9. The highest BCUT2D eigenvalue weighted by Gasteiger charge is 2.51. The van der Waals surface area contributed by atoms with Crippen LogP contribution in [0.25, 0.3) is 0 Å². The van der Waals surface area contributed by atoms with E-state index in [-0.39, 0.29) is 11.0 Å². The minimum Gasteiger partial charge on any atom is -0.497 e. The molecule has 0 amide bonds. The summed E-state index contributed by atoms with van der Waals surface area (Å²) in [5.41, 5.74) is -0.668. The minimum absolute atomic E-state index is 0.116. The molecule has 2 fully saturated rings. The second kappa shape index (κ2) is 7.59. The molecule has 0 aliphatic carbocycles. The van der Waals surface area contributed by atoms with E-state index in [4.69, 9.17) is 18.9 Å². The van der Waals surface area contributed by atoms with Gasteiger partial charge >= 0.3 is 0 Å². The standard InChI is InChI=1S/C17H25NO6S/c1-3-22-11-15-10-17(13-24-15)12-23-9-8-18(17)25(19,20)16-6-4-14(21-2)5-7-16/h4-7,15H,3,8-13H2,1-2H3/t15-,17+/m1/s1. The Hall–Kier alpha value is -1.19. The van der Waals surface area contributed by atoms with Gasteiger partial charge in [-0.2, -0.15) is 4.31 Å². The maximum Gasteiger partial charge on any atom is 0.243 e. The van der Waals surface area contributed by atoms with E-state index < -0.39 is 15.6 Å². The van der Waals surface area contributed by atoms with Crippen LogP contribution in [0.4, 0.5) is 0 Å². The lowest BCUT2D eigenvalue weighted by atomic mass is 9.96. The van der Waals surface area contributed by atoms with E-state index in [9.17, 15) is 8.42 Å². The van der Waals surface area contributed by atoms with Crippen LogP contribution in [0.3, 0.4) is 0 Å². The van der Waals surface area contributed by atoms with Gasteiger partial charge < -0.3 is 18.9 Å². The number of methoxy groups -OCH3 is 1. The van der Waals surface area contributed by atoms with Gasteiger partial charge in [-0.15, -0.1) is 0 Å². The Morgan fingerprint density at radius 3 is 2.72 bits per heavy atom. The third-order valence-corrected chi connectivity index (χ3v) is 6.71. The first kappa shape index (κ1) is 18.6. The van der Waals surface area contributed by atoms with E-state index in [0.717, 1.165) is 0 Å². The Balaban J connectivity index is 1.85. The van der Waals surface area contributed by atoms with E-state index in [1.165, 1.54) is 0 Å². The summed E-state index contributed by atoms with van der Waals surface area (Å²) >= 11 is 0. The molecule has 2 saturated heterocycles. The highest BCUT2D eigenvalue weighted by molar-refractivity contribution is 7.89. The van der Waals surface area contributed by atoms with Crippen LogP contribution >= 0.6 is 0 Å². The molecule has 7 nitrogen and oxygen atoms in total. The molecule has 1 aromatic carbocycles. The van der Waals surface area contributed by atoms with Crippen molar-refractivity contribution >= 4 is 10.0 Å². The molecule has 140 valence electrons. The normalized spacial score (nSPS) is 27.7. The maximum absolute atomic E-state index is 13.2. The molecule has 2 heterocycles. The molecule has 2 aliphatic heterocycles. The highest BCUT2D eigenvalue weighted by atomic mass is 32.2. The number of morpholine rings is 1. The van der Waals surface area contributed by atoms with Crippen molar-refractivity contribution in [1.82, 2.24) is 4.31 Å². The molecule has 0 bridgehead atoms. The van der Waals surface area contributed by atoms with Gasteiger partial charge in [0.2, 0.25) is 10.0 Å². The molecule has 0 aromatic heterocycles. The molecule has 0 unspecified atom stereocenters. The molecular weight excluding hydrogens is 346 g/mol. The molecule has 1 aromatic rings. The topological polar surface area (TPSA) is 74.3 Å². The predicted molar refractivity (Wildman–Crippen MR) is 91.3 cm³/mol. The first-order valence-electron chi connectivity index (χ1n) is 8.46. The van der Waals surface area contributed by atoms with Crippen molar-refractivity contribution in [1.29, 1.82) is 0 Å². The van der Waals surface area contributed by atoms with Crippen LogP contribution in [0.15, 0.2) is 29.2 Å². The van der Waals surface area contributed by atoms with Gasteiger partial charge in [0, 0.05) is 13.2 Å². The Morgan fingerprint density at radius 2 is 2.04 bits per heavy atom. The number of sulfonamides is 1. The van der Waals surface area contributed by atoms with Crippen LogP contribution in [0, 0.1) is 0 Å². The van der Waals surface area contributed by atoms with Crippen molar-refractivity contribution in [3.8, 4) is 5.75 Å². The van der Waals surface area contributed by atoms with E-state index >= 15 is 0 Å². The summed E-state index contributed by atoms with van der Waals surface area (Å²) in [5.74, 6) is 0.622. The average molecular weight is 371 g/mol. The first-order chi connectivity index (χ1) is 12.0. The van der Waals surface area contributed by atoms with Gasteiger partial charge in [0.15, 0.2) is 0 Å². The lowest BCUT2D eigenvalue weighted by Crippen LogP contribution is -2.59.